The second-order valence-corrected chi connectivity index (χ2v) is 8.22. The lowest BCUT2D eigenvalue weighted by atomic mass is 10.2. The highest BCUT2D eigenvalue weighted by Crippen LogP contribution is 2.22. The fraction of sp³-hybridized carbons (Fsp3) is 0.278. The summed E-state index contributed by atoms with van der Waals surface area (Å²) >= 11 is 6.02. The van der Waals surface area contributed by atoms with Crippen LogP contribution in [-0.4, -0.2) is 27.1 Å². The number of nitrogens with zero attached hydrogens (tertiary/aromatic N) is 1. The van der Waals surface area contributed by atoms with Gasteiger partial charge < -0.3 is 5.32 Å². The summed E-state index contributed by atoms with van der Waals surface area (Å²) in [6.07, 6.45) is 1.34. The molecule has 26 heavy (non-hydrogen) atoms. The van der Waals surface area contributed by atoms with Gasteiger partial charge in [-0.3, -0.25) is 9.10 Å². The number of rotatable bonds is 7. The zero-order valence-corrected chi connectivity index (χ0v) is 16.1. The Morgan fingerprint density at radius 2 is 1.92 bits per heavy atom. The molecule has 2 rings (SSSR count). The second kappa shape index (κ2) is 8.51. The summed E-state index contributed by atoms with van der Waals surface area (Å²) in [6.45, 7) is 1.86. The van der Waals surface area contributed by atoms with Crippen molar-refractivity contribution >= 4 is 38.9 Å². The Labute approximate surface area is 157 Å². The molecule has 0 radical (unpaired) electrons. The van der Waals surface area contributed by atoms with Crippen LogP contribution in [0.5, 0.6) is 0 Å². The van der Waals surface area contributed by atoms with Crippen LogP contribution in [0.25, 0.3) is 0 Å². The number of nitrogens with one attached hydrogen (secondary N) is 1. The number of halogens is 2. The van der Waals surface area contributed by atoms with Crippen LogP contribution in [0, 0.1) is 12.7 Å². The summed E-state index contributed by atoms with van der Waals surface area (Å²) in [5, 5.41) is 3.26. The Balaban J connectivity index is 1.98. The van der Waals surface area contributed by atoms with Crippen molar-refractivity contribution in [2.75, 3.05) is 22.4 Å². The summed E-state index contributed by atoms with van der Waals surface area (Å²) in [4.78, 5) is 12.0. The van der Waals surface area contributed by atoms with Gasteiger partial charge in [-0.15, -0.1) is 0 Å². The minimum atomic E-state index is -3.66. The van der Waals surface area contributed by atoms with Gasteiger partial charge in [-0.1, -0.05) is 29.8 Å². The van der Waals surface area contributed by atoms with Gasteiger partial charge >= 0.3 is 0 Å². The number of anilines is 2. The van der Waals surface area contributed by atoms with E-state index in [1.54, 1.807) is 24.3 Å². The van der Waals surface area contributed by atoms with Gasteiger partial charge in [-0.2, -0.15) is 0 Å². The van der Waals surface area contributed by atoms with Crippen LogP contribution < -0.4 is 9.62 Å². The zero-order valence-electron chi connectivity index (χ0n) is 14.5. The molecule has 1 N–H and O–H groups in total. The van der Waals surface area contributed by atoms with Gasteiger partial charge in [-0.05, 0) is 43.2 Å². The van der Waals surface area contributed by atoms with Crippen LogP contribution >= 0.6 is 11.6 Å². The highest BCUT2D eigenvalue weighted by molar-refractivity contribution is 7.92. The van der Waals surface area contributed by atoms with Crippen LogP contribution in [0.1, 0.15) is 18.4 Å². The summed E-state index contributed by atoms with van der Waals surface area (Å²) < 4.78 is 38.8. The minimum Gasteiger partial charge on any atom is -0.326 e. The number of carbonyl (C=O) groups is 1. The Hall–Kier alpha value is -2.12. The largest absolute Gasteiger partial charge is 0.326 e. The third-order valence-electron chi connectivity index (χ3n) is 3.74. The quantitative estimate of drug-likeness (QED) is 0.767. The van der Waals surface area contributed by atoms with Gasteiger partial charge in [0.15, 0.2) is 0 Å². The van der Waals surface area contributed by atoms with Gasteiger partial charge in [0.2, 0.25) is 15.9 Å². The van der Waals surface area contributed by atoms with Crippen molar-refractivity contribution in [2.24, 2.45) is 0 Å². The van der Waals surface area contributed by atoms with Gasteiger partial charge in [0, 0.05) is 23.7 Å². The van der Waals surface area contributed by atoms with E-state index in [2.05, 4.69) is 5.32 Å². The maximum atomic E-state index is 13.9. The van der Waals surface area contributed by atoms with Gasteiger partial charge in [0.25, 0.3) is 0 Å². The van der Waals surface area contributed by atoms with E-state index in [4.69, 9.17) is 11.6 Å². The number of hydrogen-bond acceptors (Lipinski definition) is 3. The molecule has 0 bridgehead atoms. The highest BCUT2D eigenvalue weighted by atomic mass is 35.5. The third-order valence-corrected chi connectivity index (χ3v) is 5.33. The molecule has 140 valence electrons. The van der Waals surface area contributed by atoms with Crippen LogP contribution in [-0.2, 0) is 14.8 Å². The van der Waals surface area contributed by atoms with Crippen molar-refractivity contribution in [3.63, 3.8) is 0 Å². The number of sulfonamides is 1. The first-order valence-corrected chi connectivity index (χ1v) is 10.2. The van der Waals surface area contributed by atoms with Crippen LogP contribution in [0.4, 0.5) is 15.8 Å². The Morgan fingerprint density at radius 1 is 1.23 bits per heavy atom. The molecule has 0 fully saturated rings. The van der Waals surface area contributed by atoms with E-state index >= 15 is 0 Å². The first kappa shape index (κ1) is 20.2. The van der Waals surface area contributed by atoms with Crippen molar-refractivity contribution in [1.82, 2.24) is 0 Å². The van der Waals surface area contributed by atoms with Crippen molar-refractivity contribution in [1.29, 1.82) is 0 Å². The monoisotopic (exact) mass is 398 g/mol. The van der Waals surface area contributed by atoms with Crippen LogP contribution in [0.15, 0.2) is 42.5 Å². The Morgan fingerprint density at radius 3 is 2.54 bits per heavy atom. The molecule has 0 aliphatic heterocycles. The summed E-state index contributed by atoms with van der Waals surface area (Å²) in [5.74, 6) is -0.899. The highest BCUT2D eigenvalue weighted by Gasteiger charge is 2.20. The molecule has 0 heterocycles. The van der Waals surface area contributed by atoms with Crippen molar-refractivity contribution in [2.45, 2.75) is 19.8 Å². The summed E-state index contributed by atoms with van der Waals surface area (Å²) in [6, 6.07) is 10.8. The normalized spacial score (nSPS) is 11.2. The number of amides is 1. The number of hydrogen-bond donors (Lipinski definition) is 1. The first-order valence-electron chi connectivity index (χ1n) is 7.97. The van der Waals surface area contributed by atoms with E-state index in [0.29, 0.717) is 10.7 Å². The molecule has 0 aliphatic rings. The molecule has 8 heteroatoms. The van der Waals surface area contributed by atoms with Crippen LogP contribution in [0.2, 0.25) is 5.02 Å². The summed E-state index contributed by atoms with van der Waals surface area (Å²) in [5.41, 5.74) is 1.44. The molecule has 2 aromatic carbocycles. The van der Waals surface area contributed by atoms with E-state index in [9.17, 15) is 17.6 Å². The predicted octanol–water partition coefficient (Wildman–Crippen LogP) is 3.97. The lowest BCUT2D eigenvalue weighted by Crippen LogP contribution is -2.32. The van der Waals surface area contributed by atoms with Crippen LogP contribution in [0.3, 0.4) is 0 Å². The molecule has 0 saturated heterocycles. The molecule has 0 atom stereocenters. The van der Waals surface area contributed by atoms with E-state index < -0.39 is 15.8 Å². The van der Waals surface area contributed by atoms with E-state index in [-0.39, 0.29) is 31.0 Å². The molecule has 2 aromatic rings. The van der Waals surface area contributed by atoms with E-state index in [1.165, 1.54) is 18.2 Å². The van der Waals surface area contributed by atoms with Gasteiger partial charge in [-0.25, -0.2) is 12.8 Å². The number of benzene rings is 2. The van der Waals surface area contributed by atoms with E-state index in [0.717, 1.165) is 16.1 Å². The fourth-order valence-corrected chi connectivity index (χ4v) is 3.54. The molecule has 0 aliphatic carbocycles. The minimum absolute atomic E-state index is 0.00183. The number of aryl methyl sites for hydroxylation is 1. The van der Waals surface area contributed by atoms with Crippen molar-refractivity contribution < 1.29 is 17.6 Å². The number of carbonyl (C=O) groups excluding carboxylic acids is 1. The number of para-hydroxylation sites is 1. The smallest absolute Gasteiger partial charge is 0.232 e. The average molecular weight is 399 g/mol. The molecule has 1 amide bonds. The summed E-state index contributed by atoms with van der Waals surface area (Å²) in [7, 11) is -3.66. The first-order chi connectivity index (χ1) is 12.2. The van der Waals surface area contributed by atoms with Gasteiger partial charge in [0.1, 0.15) is 5.82 Å². The fourth-order valence-electron chi connectivity index (χ4n) is 2.40. The van der Waals surface area contributed by atoms with Crippen molar-refractivity contribution in [3.05, 3.63) is 58.9 Å². The molecular formula is C18H20ClFN2O3S. The standard InChI is InChI=1S/C18H20ClFN2O3S/c1-13-9-10-14(12-15(13)19)21-18(23)8-5-11-22(26(2,24)25)17-7-4-3-6-16(17)20/h3-4,6-7,9-10,12H,5,8,11H2,1-2H3,(H,21,23). The lowest BCUT2D eigenvalue weighted by molar-refractivity contribution is -0.116. The topological polar surface area (TPSA) is 66.5 Å². The molecule has 5 nitrogen and oxygen atoms in total. The van der Waals surface area contributed by atoms with E-state index in [1.807, 2.05) is 6.92 Å². The van der Waals surface area contributed by atoms with Crippen molar-refractivity contribution in [3.8, 4) is 0 Å². The second-order valence-electron chi connectivity index (χ2n) is 5.90. The maximum absolute atomic E-state index is 13.9. The third kappa shape index (κ3) is 5.44. The average Bonchev–Trinajstić information content (AvgIpc) is 2.55. The maximum Gasteiger partial charge on any atom is 0.232 e. The molecule has 0 aromatic heterocycles. The zero-order chi connectivity index (χ0) is 19.3. The van der Waals surface area contributed by atoms with Gasteiger partial charge in [0.05, 0.1) is 11.9 Å². The molecule has 0 spiro atoms. The molecule has 0 saturated carbocycles. The SMILES string of the molecule is Cc1ccc(NC(=O)CCCN(c2ccccc2F)S(C)(=O)=O)cc1Cl. The Kier molecular flexibility index (Phi) is 6.61. The molecule has 0 unspecified atom stereocenters. The molecular weight excluding hydrogens is 379 g/mol. The Bertz CT molecular complexity index is 903. The predicted molar refractivity (Wildman–Crippen MR) is 103 cm³/mol. The lowest BCUT2D eigenvalue weighted by Gasteiger charge is -2.22.